The molecule has 5 nitrogen and oxygen atoms in total. The van der Waals surface area contributed by atoms with Crippen LogP contribution in [0.5, 0.6) is 5.75 Å². The molecule has 5 heteroatoms. The number of carbonyl (C=O) groups excluding carboxylic acids is 1. The Bertz CT molecular complexity index is 1190. The number of hydrogen-bond donors (Lipinski definition) is 1. The van der Waals surface area contributed by atoms with E-state index < -0.39 is 0 Å². The molecule has 1 heterocycles. The summed E-state index contributed by atoms with van der Waals surface area (Å²) in [5.41, 5.74) is 4.19. The molecule has 3 aromatic carbocycles. The van der Waals surface area contributed by atoms with Gasteiger partial charge in [0, 0.05) is 12.6 Å². The Morgan fingerprint density at radius 2 is 1.75 bits per heavy atom. The highest BCUT2D eigenvalue weighted by Crippen LogP contribution is 2.17. The molecule has 1 N–H and O–H groups in total. The summed E-state index contributed by atoms with van der Waals surface area (Å²) in [7, 11) is 0. The lowest BCUT2D eigenvalue weighted by Gasteiger charge is -2.11. The minimum atomic E-state index is -0.143. The Morgan fingerprint density at radius 3 is 2.56 bits per heavy atom. The maximum atomic E-state index is 12.3. The van der Waals surface area contributed by atoms with Crippen molar-refractivity contribution in [3.8, 4) is 5.75 Å². The summed E-state index contributed by atoms with van der Waals surface area (Å²) in [5, 5.41) is 2.95. The molecule has 0 aliphatic heterocycles. The van der Waals surface area contributed by atoms with Crippen molar-refractivity contribution in [1.82, 2.24) is 14.9 Å². The third-order valence-electron chi connectivity index (χ3n) is 5.20. The quantitative estimate of drug-likeness (QED) is 0.298. The second-order valence-electron chi connectivity index (χ2n) is 7.65. The minimum Gasteiger partial charge on any atom is -0.494 e. The first-order valence-corrected chi connectivity index (χ1v) is 10.8. The molecule has 0 saturated carbocycles. The van der Waals surface area contributed by atoms with E-state index in [1.54, 1.807) is 12.2 Å². The summed E-state index contributed by atoms with van der Waals surface area (Å²) in [4.78, 5) is 17.0. The van der Waals surface area contributed by atoms with Crippen molar-refractivity contribution in [2.24, 2.45) is 0 Å². The van der Waals surface area contributed by atoms with Gasteiger partial charge in [-0.3, -0.25) is 4.79 Å². The molecule has 0 unspecified atom stereocenters. The number of nitrogens with one attached hydrogen (secondary N) is 1. The molecule has 0 aliphatic carbocycles. The monoisotopic (exact) mass is 425 g/mol. The number of aryl methyl sites for hydroxylation is 2. The summed E-state index contributed by atoms with van der Waals surface area (Å²) in [6, 6.07) is 25.9. The van der Waals surface area contributed by atoms with Crippen LogP contribution in [0.25, 0.3) is 17.1 Å². The van der Waals surface area contributed by atoms with E-state index in [0.717, 1.165) is 41.1 Å². The number of fused-ring (bicyclic) bond motifs is 1. The maximum Gasteiger partial charge on any atom is 0.244 e. The SMILES string of the molecule is Cc1ccc(OCCCn2c(CNC(=O)/C=C\c3ccccc3)nc3ccccc32)cc1. The van der Waals surface area contributed by atoms with Gasteiger partial charge in [-0.25, -0.2) is 4.98 Å². The number of ether oxygens (including phenoxy) is 1. The fourth-order valence-electron chi connectivity index (χ4n) is 3.52. The van der Waals surface area contributed by atoms with Crippen LogP contribution in [0.4, 0.5) is 0 Å². The lowest BCUT2D eigenvalue weighted by Crippen LogP contribution is -2.23. The number of nitrogens with zero attached hydrogens (tertiary/aromatic N) is 2. The molecule has 0 aliphatic rings. The van der Waals surface area contributed by atoms with Gasteiger partial charge in [0.25, 0.3) is 0 Å². The number of imidazole rings is 1. The first-order valence-electron chi connectivity index (χ1n) is 10.8. The summed E-state index contributed by atoms with van der Waals surface area (Å²) in [6.45, 7) is 3.80. The van der Waals surface area contributed by atoms with E-state index in [-0.39, 0.29) is 5.91 Å². The largest absolute Gasteiger partial charge is 0.494 e. The van der Waals surface area contributed by atoms with Gasteiger partial charge in [0.15, 0.2) is 0 Å². The first-order chi connectivity index (χ1) is 15.7. The van der Waals surface area contributed by atoms with Gasteiger partial charge in [-0.15, -0.1) is 0 Å². The van der Waals surface area contributed by atoms with E-state index in [0.29, 0.717) is 13.2 Å². The Labute approximate surface area is 188 Å². The molecule has 0 saturated heterocycles. The minimum absolute atomic E-state index is 0.143. The number of amides is 1. The second-order valence-corrected chi connectivity index (χ2v) is 7.65. The van der Waals surface area contributed by atoms with Crippen molar-refractivity contribution in [3.63, 3.8) is 0 Å². The van der Waals surface area contributed by atoms with Crippen molar-refractivity contribution in [2.45, 2.75) is 26.4 Å². The third-order valence-corrected chi connectivity index (χ3v) is 5.20. The number of aromatic nitrogens is 2. The van der Waals surface area contributed by atoms with Crippen LogP contribution in [0.1, 0.15) is 23.4 Å². The van der Waals surface area contributed by atoms with Crippen LogP contribution >= 0.6 is 0 Å². The van der Waals surface area contributed by atoms with Crippen molar-refractivity contribution >= 4 is 23.0 Å². The van der Waals surface area contributed by atoms with Crippen molar-refractivity contribution < 1.29 is 9.53 Å². The Morgan fingerprint density at radius 1 is 1.00 bits per heavy atom. The molecule has 162 valence electrons. The van der Waals surface area contributed by atoms with Gasteiger partial charge < -0.3 is 14.6 Å². The third kappa shape index (κ3) is 5.64. The first kappa shape index (κ1) is 21.4. The number of hydrogen-bond acceptors (Lipinski definition) is 3. The molecule has 0 atom stereocenters. The number of carbonyl (C=O) groups is 1. The van der Waals surface area contributed by atoms with E-state index in [1.165, 1.54) is 5.56 Å². The standard InChI is InChI=1S/C27H27N3O2/c1-21-12-15-23(16-13-21)32-19-7-18-30-25-11-6-5-10-24(25)29-26(30)20-28-27(31)17-14-22-8-3-2-4-9-22/h2-6,8-17H,7,18-20H2,1H3,(H,28,31)/b17-14-. The smallest absolute Gasteiger partial charge is 0.244 e. The van der Waals surface area contributed by atoms with E-state index in [4.69, 9.17) is 9.72 Å². The van der Waals surface area contributed by atoms with E-state index in [2.05, 4.69) is 22.9 Å². The van der Waals surface area contributed by atoms with Crippen LogP contribution in [0, 0.1) is 6.92 Å². The van der Waals surface area contributed by atoms with Gasteiger partial charge in [-0.2, -0.15) is 0 Å². The van der Waals surface area contributed by atoms with Crippen LogP contribution in [-0.4, -0.2) is 22.1 Å². The van der Waals surface area contributed by atoms with Gasteiger partial charge in [0.2, 0.25) is 5.91 Å². The summed E-state index contributed by atoms with van der Waals surface area (Å²) >= 11 is 0. The van der Waals surface area contributed by atoms with Crippen molar-refractivity contribution in [1.29, 1.82) is 0 Å². The van der Waals surface area contributed by atoms with Gasteiger partial charge in [-0.1, -0.05) is 60.2 Å². The highest BCUT2D eigenvalue weighted by molar-refractivity contribution is 5.91. The average Bonchev–Trinajstić information content (AvgIpc) is 3.18. The molecular weight excluding hydrogens is 398 g/mol. The van der Waals surface area contributed by atoms with Crippen molar-refractivity contribution in [2.75, 3.05) is 6.61 Å². The summed E-state index contributed by atoms with van der Waals surface area (Å²) in [5.74, 6) is 1.57. The molecule has 0 bridgehead atoms. The van der Waals surface area contributed by atoms with Gasteiger partial charge in [0.1, 0.15) is 11.6 Å². The van der Waals surface area contributed by atoms with Crippen LogP contribution in [0.15, 0.2) is 84.9 Å². The lowest BCUT2D eigenvalue weighted by molar-refractivity contribution is -0.116. The van der Waals surface area contributed by atoms with E-state index in [9.17, 15) is 4.79 Å². The fourth-order valence-corrected chi connectivity index (χ4v) is 3.52. The Hall–Kier alpha value is -3.86. The highest BCUT2D eigenvalue weighted by Gasteiger charge is 2.11. The van der Waals surface area contributed by atoms with Crippen LogP contribution in [0.3, 0.4) is 0 Å². The van der Waals surface area contributed by atoms with Crippen LogP contribution < -0.4 is 10.1 Å². The van der Waals surface area contributed by atoms with Crippen LogP contribution in [0.2, 0.25) is 0 Å². The van der Waals surface area contributed by atoms with Gasteiger partial charge in [-0.05, 0) is 49.2 Å². The Balaban J connectivity index is 1.38. The molecule has 32 heavy (non-hydrogen) atoms. The summed E-state index contributed by atoms with van der Waals surface area (Å²) < 4.78 is 8.03. The zero-order valence-corrected chi connectivity index (χ0v) is 18.2. The molecule has 0 fully saturated rings. The zero-order valence-electron chi connectivity index (χ0n) is 18.2. The molecule has 0 spiro atoms. The van der Waals surface area contributed by atoms with E-state index >= 15 is 0 Å². The molecule has 0 radical (unpaired) electrons. The van der Waals surface area contributed by atoms with Gasteiger partial charge in [0.05, 0.1) is 24.2 Å². The normalized spacial score (nSPS) is 11.2. The highest BCUT2D eigenvalue weighted by atomic mass is 16.5. The fraction of sp³-hybridized carbons (Fsp3) is 0.185. The zero-order chi connectivity index (χ0) is 22.2. The Kier molecular flexibility index (Phi) is 6.98. The van der Waals surface area contributed by atoms with Gasteiger partial charge >= 0.3 is 0 Å². The second kappa shape index (κ2) is 10.4. The predicted molar refractivity (Wildman–Crippen MR) is 128 cm³/mol. The van der Waals surface area contributed by atoms with Crippen molar-refractivity contribution in [3.05, 3.63) is 102 Å². The van der Waals surface area contributed by atoms with E-state index in [1.807, 2.05) is 72.8 Å². The molecule has 1 amide bonds. The topological polar surface area (TPSA) is 56.1 Å². The molecule has 4 aromatic rings. The molecule has 1 aromatic heterocycles. The molecule has 4 rings (SSSR count). The number of benzene rings is 3. The maximum absolute atomic E-state index is 12.3. The molecular formula is C27H27N3O2. The lowest BCUT2D eigenvalue weighted by atomic mass is 10.2. The summed E-state index contributed by atoms with van der Waals surface area (Å²) in [6.07, 6.45) is 4.20. The average molecular weight is 426 g/mol. The predicted octanol–water partition coefficient (Wildman–Crippen LogP) is 5.14. The number of para-hydroxylation sites is 2. The number of rotatable bonds is 9. The van der Waals surface area contributed by atoms with Crippen LogP contribution in [-0.2, 0) is 17.9 Å².